The third kappa shape index (κ3) is 5.45. The number of anilines is 1. The number of nitrogens with one attached hydrogen (secondary N) is 1. The van der Waals surface area contributed by atoms with Gasteiger partial charge in [0.15, 0.2) is 11.5 Å². The summed E-state index contributed by atoms with van der Waals surface area (Å²) in [6, 6.07) is 18.3. The smallest absolute Gasteiger partial charge is 0.335 e. The maximum Gasteiger partial charge on any atom is 0.335 e. The van der Waals surface area contributed by atoms with Crippen LogP contribution in [0.3, 0.4) is 0 Å². The fraction of sp³-hybridized carbons (Fsp3) is 0.208. The molecule has 0 heterocycles. The Kier molecular flexibility index (Phi) is 7.20. The predicted octanol–water partition coefficient (Wildman–Crippen LogP) is 5.94. The zero-order valence-corrected chi connectivity index (χ0v) is 17.7. The van der Waals surface area contributed by atoms with E-state index in [4.69, 9.17) is 26.2 Å². The topological polar surface area (TPSA) is 67.8 Å². The number of aryl methyl sites for hydroxylation is 1. The Morgan fingerprint density at radius 2 is 1.70 bits per heavy atom. The largest absolute Gasteiger partial charge is 0.490 e. The lowest BCUT2D eigenvalue weighted by Gasteiger charge is -2.16. The molecule has 5 nitrogen and oxygen atoms in total. The van der Waals surface area contributed by atoms with Crippen molar-refractivity contribution in [2.24, 2.45) is 0 Å². The first-order valence-corrected chi connectivity index (χ1v) is 10.1. The molecule has 3 aromatic rings. The lowest BCUT2D eigenvalue weighted by Crippen LogP contribution is -2.05. The Morgan fingerprint density at radius 3 is 2.37 bits per heavy atom. The SMILES string of the molecule is CCOc1cc(CNc2ccc(C(=O)O)cc2)c(Cl)cc1OCc1ccccc1C. The minimum atomic E-state index is -0.952. The summed E-state index contributed by atoms with van der Waals surface area (Å²) in [5.74, 6) is 0.278. The summed E-state index contributed by atoms with van der Waals surface area (Å²) in [5.41, 5.74) is 4.16. The van der Waals surface area contributed by atoms with Gasteiger partial charge < -0.3 is 19.9 Å². The highest BCUT2D eigenvalue weighted by molar-refractivity contribution is 6.31. The molecular formula is C24H24ClNO4. The molecule has 0 spiro atoms. The monoisotopic (exact) mass is 425 g/mol. The first kappa shape index (κ1) is 21.5. The van der Waals surface area contributed by atoms with Crippen LogP contribution in [-0.2, 0) is 13.2 Å². The second-order valence-electron chi connectivity index (χ2n) is 6.77. The van der Waals surface area contributed by atoms with Crippen molar-refractivity contribution in [3.05, 3.63) is 87.9 Å². The normalized spacial score (nSPS) is 10.5. The van der Waals surface area contributed by atoms with Crippen molar-refractivity contribution in [3.63, 3.8) is 0 Å². The lowest BCUT2D eigenvalue weighted by atomic mass is 10.1. The van der Waals surface area contributed by atoms with E-state index >= 15 is 0 Å². The molecule has 0 aromatic heterocycles. The molecule has 2 N–H and O–H groups in total. The molecule has 0 atom stereocenters. The molecule has 3 aromatic carbocycles. The van der Waals surface area contributed by atoms with E-state index in [1.807, 2.05) is 44.2 Å². The van der Waals surface area contributed by atoms with Crippen LogP contribution in [-0.4, -0.2) is 17.7 Å². The number of aromatic carboxylic acids is 1. The molecule has 30 heavy (non-hydrogen) atoms. The van der Waals surface area contributed by atoms with Crippen molar-refractivity contribution in [2.45, 2.75) is 27.0 Å². The Labute approximate surface area is 181 Å². The van der Waals surface area contributed by atoms with Gasteiger partial charge in [-0.2, -0.15) is 0 Å². The van der Waals surface area contributed by atoms with Gasteiger partial charge >= 0.3 is 5.97 Å². The standard InChI is InChI=1S/C24H24ClNO4/c1-3-29-22-12-19(14-26-20-10-8-17(9-11-20)24(27)28)21(25)13-23(22)30-15-18-7-5-4-6-16(18)2/h4-13,26H,3,14-15H2,1-2H3,(H,27,28). The number of hydrogen-bond acceptors (Lipinski definition) is 4. The van der Waals surface area contributed by atoms with Gasteiger partial charge in [0.1, 0.15) is 6.61 Å². The first-order chi connectivity index (χ1) is 14.5. The quantitative estimate of drug-likeness (QED) is 0.444. The summed E-state index contributed by atoms with van der Waals surface area (Å²) in [7, 11) is 0. The second-order valence-corrected chi connectivity index (χ2v) is 7.18. The van der Waals surface area contributed by atoms with Gasteiger partial charge in [0, 0.05) is 23.3 Å². The highest BCUT2D eigenvalue weighted by Gasteiger charge is 2.12. The van der Waals surface area contributed by atoms with Gasteiger partial charge in [0.25, 0.3) is 0 Å². The van der Waals surface area contributed by atoms with Crippen molar-refractivity contribution in [1.82, 2.24) is 0 Å². The summed E-state index contributed by atoms with van der Waals surface area (Å²) < 4.78 is 11.8. The van der Waals surface area contributed by atoms with E-state index in [-0.39, 0.29) is 5.56 Å². The zero-order chi connectivity index (χ0) is 21.5. The van der Waals surface area contributed by atoms with Gasteiger partial charge in [0.05, 0.1) is 12.2 Å². The van der Waals surface area contributed by atoms with E-state index < -0.39 is 5.97 Å². The van der Waals surface area contributed by atoms with Crippen LogP contribution < -0.4 is 14.8 Å². The molecule has 0 amide bonds. The summed E-state index contributed by atoms with van der Waals surface area (Å²) in [4.78, 5) is 11.0. The Hall–Kier alpha value is -3.18. The van der Waals surface area contributed by atoms with E-state index in [9.17, 15) is 4.79 Å². The van der Waals surface area contributed by atoms with Gasteiger partial charge in [-0.1, -0.05) is 35.9 Å². The van der Waals surface area contributed by atoms with Crippen molar-refractivity contribution < 1.29 is 19.4 Å². The van der Waals surface area contributed by atoms with Crippen LogP contribution in [0.5, 0.6) is 11.5 Å². The molecule has 6 heteroatoms. The number of carboxylic acid groups (broad SMARTS) is 1. The number of carboxylic acids is 1. The molecule has 0 aliphatic rings. The summed E-state index contributed by atoms with van der Waals surface area (Å²) in [5, 5.41) is 12.8. The van der Waals surface area contributed by atoms with E-state index in [0.29, 0.717) is 36.3 Å². The van der Waals surface area contributed by atoms with Crippen LogP contribution in [0.25, 0.3) is 0 Å². The fourth-order valence-corrected chi connectivity index (χ4v) is 3.17. The molecule has 0 aliphatic heterocycles. The van der Waals surface area contributed by atoms with E-state index in [0.717, 1.165) is 22.4 Å². The molecular weight excluding hydrogens is 402 g/mol. The van der Waals surface area contributed by atoms with Crippen LogP contribution in [0.1, 0.15) is 34.0 Å². The van der Waals surface area contributed by atoms with Crippen molar-refractivity contribution in [2.75, 3.05) is 11.9 Å². The zero-order valence-electron chi connectivity index (χ0n) is 16.9. The van der Waals surface area contributed by atoms with Crippen LogP contribution in [0.2, 0.25) is 5.02 Å². The molecule has 3 rings (SSSR count). The third-order valence-electron chi connectivity index (χ3n) is 4.67. The average molecular weight is 426 g/mol. The number of halogens is 1. The van der Waals surface area contributed by atoms with Crippen LogP contribution in [0, 0.1) is 6.92 Å². The second kappa shape index (κ2) is 10.0. The Balaban J connectivity index is 1.73. The van der Waals surface area contributed by atoms with Crippen LogP contribution in [0.15, 0.2) is 60.7 Å². The van der Waals surface area contributed by atoms with Crippen molar-refractivity contribution >= 4 is 23.3 Å². The van der Waals surface area contributed by atoms with Crippen LogP contribution >= 0.6 is 11.6 Å². The highest BCUT2D eigenvalue weighted by Crippen LogP contribution is 2.34. The molecule has 0 fully saturated rings. The maximum absolute atomic E-state index is 11.0. The van der Waals surface area contributed by atoms with Crippen molar-refractivity contribution in [1.29, 1.82) is 0 Å². The minimum absolute atomic E-state index is 0.243. The highest BCUT2D eigenvalue weighted by atomic mass is 35.5. The third-order valence-corrected chi connectivity index (χ3v) is 5.02. The summed E-state index contributed by atoms with van der Waals surface area (Å²) in [6.45, 7) is 5.36. The number of carbonyl (C=O) groups is 1. The van der Waals surface area contributed by atoms with Gasteiger partial charge in [-0.3, -0.25) is 0 Å². The van der Waals surface area contributed by atoms with E-state index in [1.54, 1.807) is 30.3 Å². The van der Waals surface area contributed by atoms with E-state index in [1.165, 1.54) is 0 Å². The Morgan fingerprint density at radius 1 is 1.00 bits per heavy atom. The predicted molar refractivity (Wildman–Crippen MR) is 119 cm³/mol. The number of benzene rings is 3. The lowest BCUT2D eigenvalue weighted by molar-refractivity contribution is 0.0697. The first-order valence-electron chi connectivity index (χ1n) is 9.67. The molecule has 0 aliphatic carbocycles. The number of ether oxygens (including phenoxy) is 2. The van der Waals surface area contributed by atoms with Crippen molar-refractivity contribution in [3.8, 4) is 11.5 Å². The fourth-order valence-electron chi connectivity index (χ4n) is 2.95. The van der Waals surface area contributed by atoms with E-state index in [2.05, 4.69) is 5.32 Å². The molecule has 0 saturated carbocycles. The molecule has 0 unspecified atom stereocenters. The Bertz CT molecular complexity index is 1020. The van der Waals surface area contributed by atoms with Gasteiger partial charge in [-0.15, -0.1) is 0 Å². The average Bonchev–Trinajstić information content (AvgIpc) is 2.74. The summed E-state index contributed by atoms with van der Waals surface area (Å²) in [6.07, 6.45) is 0. The number of hydrogen-bond donors (Lipinski definition) is 2. The molecule has 0 radical (unpaired) electrons. The van der Waals surface area contributed by atoms with Gasteiger partial charge in [0.2, 0.25) is 0 Å². The van der Waals surface area contributed by atoms with Gasteiger partial charge in [-0.05, 0) is 60.9 Å². The van der Waals surface area contributed by atoms with Crippen LogP contribution in [0.4, 0.5) is 5.69 Å². The summed E-state index contributed by atoms with van der Waals surface area (Å²) >= 11 is 6.49. The molecule has 156 valence electrons. The number of rotatable bonds is 9. The minimum Gasteiger partial charge on any atom is -0.490 e. The van der Waals surface area contributed by atoms with Gasteiger partial charge in [-0.25, -0.2) is 4.79 Å². The molecule has 0 saturated heterocycles. The maximum atomic E-state index is 11.0. The molecule has 0 bridgehead atoms.